The number of hydrogen-bond acceptors (Lipinski definition) is 2. The lowest BCUT2D eigenvalue weighted by Gasteiger charge is -2.37. The Morgan fingerprint density at radius 2 is 2.16 bits per heavy atom. The smallest absolute Gasteiger partial charge is 0.123 e. The molecule has 0 spiro atoms. The molecule has 0 bridgehead atoms. The van der Waals surface area contributed by atoms with E-state index in [2.05, 4.69) is 18.7 Å². The van der Waals surface area contributed by atoms with Gasteiger partial charge in [0.05, 0.1) is 6.10 Å². The van der Waals surface area contributed by atoms with E-state index in [1.807, 2.05) is 0 Å². The summed E-state index contributed by atoms with van der Waals surface area (Å²) in [4.78, 5) is 2.44. The summed E-state index contributed by atoms with van der Waals surface area (Å²) in [5, 5.41) is 10.1. The maximum absolute atomic E-state index is 13.1. The Balaban J connectivity index is 1.87. The van der Waals surface area contributed by atoms with Crippen molar-refractivity contribution in [2.45, 2.75) is 45.3 Å². The van der Waals surface area contributed by atoms with Crippen LogP contribution in [-0.4, -0.2) is 29.1 Å². The van der Waals surface area contributed by atoms with Gasteiger partial charge < -0.3 is 10.0 Å². The van der Waals surface area contributed by atoms with Gasteiger partial charge in [-0.1, -0.05) is 19.1 Å². The van der Waals surface area contributed by atoms with Crippen molar-refractivity contribution in [2.75, 3.05) is 13.1 Å². The monoisotopic (exact) mass is 265 g/mol. The van der Waals surface area contributed by atoms with Crippen LogP contribution in [-0.2, 0) is 0 Å². The molecule has 3 heteroatoms. The van der Waals surface area contributed by atoms with Crippen molar-refractivity contribution in [1.82, 2.24) is 4.90 Å². The lowest BCUT2D eigenvalue weighted by molar-refractivity contribution is 0.0906. The SMILES string of the molecule is CC1CCC(C)N(CCC(O)c2cccc(F)c2)C1. The Bertz CT molecular complexity index is 409. The summed E-state index contributed by atoms with van der Waals surface area (Å²) in [6.45, 7) is 6.52. The van der Waals surface area contributed by atoms with E-state index in [1.54, 1.807) is 12.1 Å². The number of benzene rings is 1. The second-order valence-electron chi connectivity index (χ2n) is 5.89. The fourth-order valence-electron chi connectivity index (χ4n) is 2.86. The molecule has 0 amide bonds. The molecule has 3 atom stereocenters. The quantitative estimate of drug-likeness (QED) is 0.902. The molecule has 0 aliphatic carbocycles. The van der Waals surface area contributed by atoms with Crippen molar-refractivity contribution in [2.24, 2.45) is 5.92 Å². The minimum atomic E-state index is -0.569. The van der Waals surface area contributed by atoms with Crippen LogP contribution in [0.1, 0.15) is 44.8 Å². The number of aliphatic hydroxyl groups excluding tert-OH is 1. The fourth-order valence-corrected chi connectivity index (χ4v) is 2.86. The Morgan fingerprint density at radius 3 is 2.89 bits per heavy atom. The summed E-state index contributed by atoms with van der Waals surface area (Å²) in [5.41, 5.74) is 0.678. The molecule has 2 rings (SSSR count). The zero-order valence-corrected chi connectivity index (χ0v) is 11.8. The molecule has 2 nitrogen and oxygen atoms in total. The van der Waals surface area contributed by atoms with Crippen molar-refractivity contribution in [1.29, 1.82) is 0 Å². The van der Waals surface area contributed by atoms with E-state index in [0.717, 1.165) is 19.0 Å². The van der Waals surface area contributed by atoms with Gasteiger partial charge in [0.1, 0.15) is 5.82 Å². The van der Waals surface area contributed by atoms with Crippen molar-refractivity contribution < 1.29 is 9.50 Å². The van der Waals surface area contributed by atoms with Crippen LogP contribution in [0.2, 0.25) is 0 Å². The highest BCUT2D eigenvalue weighted by atomic mass is 19.1. The van der Waals surface area contributed by atoms with E-state index in [0.29, 0.717) is 18.0 Å². The lowest BCUT2D eigenvalue weighted by atomic mass is 9.94. The van der Waals surface area contributed by atoms with Gasteiger partial charge in [0.15, 0.2) is 0 Å². The standard InChI is InChI=1S/C16H24FNO/c1-12-6-7-13(2)18(11-12)9-8-16(19)14-4-3-5-15(17)10-14/h3-5,10,12-13,16,19H,6-9,11H2,1-2H3. The van der Waals surface area contributed by atoms with Crippen LogP contribution >= 0.6 is 0 Å². The van der Waals surface area contributed by atoms with Crippen LogP contribution in [0.5, 0.6) is 0 Å². The molecule has 1 fully saturated rings. The fraction of sp³-hybridized carbons (Fsp3) is 0.625. The van der Waals surface area contributed by atoms with Crippen LogP contribution in [0.4, 0.5) is 4.39 Å². The topological polar surface area (TPSA) is 23.5 Å². The molecule has 1 aromatic carbocycles. The van der Waals surface area contributed by atoms with Crippen molar-refractivity contribution in [3.63, 3.8) is 0 Å². The largest absolute Gasteiger partial charge is 0.388 e. The van der Waals surface area contributed by atoms with E-state index in [-0.39, 0.29) is 5.82 Å². The Hall–Kier alpha value is -0.930. The zero-order chi connectivity index (χ0) is 13.8. The number of halogens is 1. The molecular weight excluding hydrogens is 241 g/mol. The van der Waals surface area contributed by atoms with Crippen molar-refractivity contribution >= 4 is 0 Å². The average Bonchev–Trinajstić information content (AvgIpc) is 2.39. The number of hydrogen-bond donors (Lipinski definition) is 1. The predicted molar refractivity (Wildman–Crippen MR) is 75.4 cm³/mol. The molecule has 0 aromatic heterocycles. The van der Waals surface area contributed by atoms with E-state index in [9.17, 15) is 9.50 Å². The van der Waals surface area contributed by atoms with E-state index < -0.39 is 6.10 Å². The van der Waals surface area contributed by atoms with Crippen LogP contribution in [0.3, 0.4) is 0 Å². The summed E-state index contributed by atoms with van der Waals surface area (Å²) in [7, 11) is 0. The van der Waals surface area contributed by atoms with Gasteiger partial charge in [0, 0.05) is 19.1 Å². The number of likely N-dealkylation sites (tertiary alicyclic amines) is 1. The van der Waals surface area contributed by atoms with Crippen LogP contribution in [0, 0.1) is 11.7 Å². The average molecular weight is 265 g/mol. The molecule has 1 saturated heterocycles. The van der Waals surface area contributed by atoms with E-state index in [1.165, 1.54) is 25.0 Å². The highest BCUT2D eigenvalue weighted by molar-refractivity contribution is 5.18. The second kappa shape index (κ2) is 6.49. The van der Waals surface area contributed by atoms with Gasteiger partial charge in [-0.15, -0.1) is 0 Å². The third-order valence-electron chi connectivity index (χ3n) is 4.17. The van der Waals surface area contributed by atoms with Gasteiger partial charge in [0.2, 0.25) is 0 Å². The zero-order valence-electron chi connectivity index (χ0n) is 11.8. The summed E-state index contributed by atoms with van der Waals surface area (Å²) >= 11 is 0. The number of piperidine rings is 1. The highest BCUT2D eigenvalue weighted by Crippen LogP contribution is 2.24. The van der Waals surface area contributed by atoms with Crippen LogP contribution < -0.4 is 0 Å². The maximum atomic E-state index is 13.1. The molecule has 1 aliphatic heterocycles. The van der Waals surface area contributed by atoms with Crippen molar-refractivity contribution in [3.8, 4) is 0 Å². The summed E-state index contributed by atoms with van der Waals surface area (Å²) in [5.74, 6) is 0.457. The van der Waals surface area contributed by atoms with Gasteiger partial charge in [0.25, 0.3) is 0 Å². The summed E-state index contributed by atoms with van der Waals surface area (Å²) < 4.78 is 13.1. The molecule has 19 heavy (non-hydrogen) atoms. The van der Waals surface area contributed by atoms with Gasteiger partial charge in [-0.05, 0) is 49.8 Å². The molecule has 1 aliphatic rings. The summed E-state index contributed by atoms with van der Waals surface area (Å²) in [6, 6.07) is 6.86. The van der Waals surface area contributed by atoms with E-state index in [4.69, 9.17) is 0 Å². The van der Waals surface area contributed by atoms with Gasteiger partial charge in [-0.3, -0.25) is 0 Å². The Labute approximate surface area is 115 Å². The van der Waals surface area contributed by atoms with Gasteiger partial charge in [-0.2, -0.15) is 0 Å². The minimum Gasteiger partial charge on any atom is -0.388 e. The molecule has 1 heterocycles. The number of aliphatic hydroxyl groups is 1. The number of rotatable bonds is 4. The van der Waals surface area contributed by atoms with Gasteiger partial charge >= 0.3 is 0 Å². The molecular formula is C16H24FNO. The van der Waals surface area contributed by atoms with Gasteiger partial charge in [-0.25, -0.2) is 4.39 Å². The molecule has 3 unspecified atom stereocenters. The molecule has 1 aromatic rings. The minimum absolute atomic E-state index is 0.281. The molecule has 1 N–H and O–H groups in total. The first-order valence-electron chi connectivity index (χ1n) is 7.24. The van der Waals surface area contributed by atoms with Crippen LogP contribution in [0.25, 0.3) is 0 Å². The second-order valence-corrected chi connectivity index (χ2v) is 5.89. The summed E-state index contributed by atoms with van der Waals surface area (Å²) in [6.07, 6.45) is 2.63. The van der Waals surface area contributed by atoms with E-state index >= 15 is 0 Å². The lowest BCUT2D eigenvalue weighted by Crippen LogP contribution is -2.41. The Kier molecular flexibility index (Phi) is 4.94. The maximum Gasteiger partial charge on any atom is 0.123 e. The molecule has 0 saturated carbocycles. The predicted octanol–water partition coefficient (Wildman–Crippen LogP) is 3.37. The highest BCUT2D eigenvalue weighted by Gasteiger charge is 2.23. The first kappa shape index (κ1) is 14.5. The Morgan fingerprint density at radius 1 is 1.37 bits per heavy atom. The first-order valence-corrected chi connectivity index (χ1v) is 7.24. The number of nitrogens with zero attached hydrogens (tertiary/aromatic N) is 1. The van der Waals surface area contributed by atoms with Crippen molar-refractivity contribution in [3.05, 3.63) is 35.6 Å². The third kappa shape index (κ3) is 4.02. The third-order valence-corrected chi connectivity index (χ3v) is 4.17. The molecule has 106 valence electrons. The molecule has 0 radical (unpaired) electrons. The normalized spacial score (nSPS) is 26.3. The van der Waals surface area contributed by atoms with Crippen LogP contribution in [0.15, 0.2) is 24.3 Å². The first-order chi connectivity index (χ1) is 9.06.